The fraction of sp³-hybridized carbons (Fsp3) is 0.789. The van der Waals surface area contributed by atoms with Gasteiger partial charge in [0.15, 0.2) is 0 Å². The van der Waals surface area contributed by atoms with Crippen LogP contribution in [0.1, 0.15) is 61.8 Å². The molecule has 0 amide bonds. The van der Waals surface area contributed by atoms with Crippen LogP contribution < -0.4 is 3.80 Å². The first-order valence-corrected chi connectivity index (χ1v) is 14.9. The van der Waals surface area contributed by atoms with Gasteiger partial charge in [-0.05, 0) is 0 Å². The van der Waals surface area contributed by atoms with Gasteiger partial charge in [-0.3, -0.25) is 0 Å². The van der Waals surface area contributed by atoms with Crippen LogP contribution in [-0.2, 0) is 18.1 Å². The molecule has 127 valence electrons. The summed E-state index contributed by atoms with van der Waals surface area (Å²) in [6, 6.07) is 0. The van der Waals surface area contributed by atoms with Gasteiger partial charge in [0.2, 0.25) is 0 Å². The van der Waals surface area contributed by atoms with Gasteiger partial charge in [-0.15, -0.1) is 0 Å². The summed E-state index contributed by atoms with van der Waals surface area (Å²) in [5.74, 6) is 0. The molecule has 1 nitrogen and oxygen atoms in total. The Morgan fingerprint density at radius 1 is 1.05 bits per heavy atom. The van der Waals surface area contributed by atoms with E-state index >= 15 is 0 Å². The molecule has 1 aliphatic rings. The molecule has 0 aromatic heterocycles. The molecular formula is C19H38NSiTi. The zero-order valence-corrected chi connectivity index (χ0v) is 19.4. The van der Waals surface area contributed by atoms with Crippen molar-refractivity contribution in [3.8, 4) is 0 Å². The Balaban J connectivity index is 3.10. The van der Waals surface area contributed by atoms with E-state index in [1.54, 1.807) is 22.3 Å². The van der Waals surface area contributed by atoms with Crippen LogP contribution in [0, 0.1) is 0 Å². The summed E-state index contributed by atoms with van der Waals surface area (Å²) in [4.78, 5) is 0. The number of hydrogen-bond donors (Lipinski definition) is 1. The molecule has 1 unspecified atom stereocenters. The maximum absolute atomic E-state index is 4.08. The zero-order chi connectivity index (χ0) is 17.3. The van der Waals surface area contributed by atoms with E-state index in [0.29, 0.717) is 5.04 Å². The summed E-state index contributed by atoms with van der Waals surface area (Å²) in [7, 11) is -0.800. The molecule has 1 aliphatic carbocycles. The summed E-state index contributed by atoms with van der Waals surface area (Å²) < 4.78 is 6.83. The summed E-state index contributed by atoms with van der Waals surface area (Å²) in [5.41, 5.74) is 6.79. The molecule has 0 heterocycles. The molecule has 0 aromatic carbocycles. The number of hydrogen-bond acceptors (Lipinski definition) is 1. The van der Waals surface area contributed by atoms with E-state index in [2.05, 4.69) is 72.3 Å². The molecule has 22 heavy (non-hydrogen) atoms. The van der Waals surface area contributed by atoms with Gasteiger partial charge in [-0.2, -0.15) is 0 Å². The summed E-state index contributed by atoms with van der Waals surface area (Å²) in [6.45, 7) is 24.2. The molecule has 0 saturated heterocycles. The first-order chi connectivity index (χ1) is 10.0. The predicted molar refractivity (Wildman–Crippen MR) is 101 cm³/mol. The second-order valence-corrected chi connectivity index (χ2v) is 16.2. The third kappa shape index (κ3) is 3.88. The van der Waals surface area contributed by atoms with Crippen LogP contribution in [0.2, 0.25) is 27.6 Å². The Kier molecular flexibility index (Phi) is 6.97. The minimum absolute atomic E-state index is 0.243. The van der Waals surface area contributed by atoms with Gasteiger partial charge in [0.25, 0.3) is 0 Å². The molecule has 0 fully saturated rings. The minimum atomic E-state index is -1.05. The molecule has 3 heteroatoms. The predicted octanol–water partition coefficient (Wildman–Crippen LogP) is 6.07. The average Bonchev–Trinajstić information content (AvgIpc) is 2.61. The Morgan fingerprint density at radius 3 is 1.95 bits per heavy atom. The molecule has 1 N–H and O–H groups in total. The number of allylic oxidation sites excluding steroid dienone is 3. The topological polar surface area (TPSA) is 12.0 Å². The van der Waals surface area contributed by atoms with Crippen LogP contribution >= 0.6 is 0 Å². The van der Waals surface area contributed by atoms with Crippen LogP contribution in [0.15, 0.2) is 22.3 Å². The van der Waals surface area contributed by atoms with Gasteiger partial charge >= 0.3 is 148 Å². The van der Waals surface area contributed by atoms with Crippen molar-refractivity contribution >= 4 is 8.80 Å². The van der Waals surface area contributed by atoms with E-state index in [1.807, 2.05) is 0 Å². The van der Waals surface area contributed by atoms with E-state index < -0.39 is 26.9 Å². The van der Waals surface area contributed by atoms with E-state index in [9.17, 15) is 0 Å². The van der Waals surface area contributed by atoms with Crippen molar-refractivity contribution in [2.75, 3.05) is 0 Å². The summed E-state index contributed by atoms with van der Waals surface area (Å²) >= 11 is -1.05. The Hall–Kier alpha value is 0.371. The second-order valence-electron chi connectivity index (χ2n) is 8.21. The van der Waals surface area contributed by atoms with Gasteiger partial charge in [0, 0.05) is 0 Å². The van der Waals surface area contributed by atoms with Crippen LogP contribution in [0.4, 0.5) is 0 Å². The van der Waals surface area contributed by atoms with Crippen molar-refractivity contribution in [2.24, 2.45) is 0 Å². The Labute approximate surface area is 147 Å². The second kappa shape index (κ2) is 7.51. The summed E-state index contributed by atoms with van der Waals surface area (Å²) in [5, 5.41) is 0.381. The van der Waals surface area contributed by atoms with Crippen LogP contribution in [0.25, 0.3) is 0 Å². The Bertz CT molecular complexity index is 472. The van der Waals surface area contributed by atoms with Crippen LogP contribution in [0.5, 0.6) is 0 Å². The van der Waals surface area contributed by atoms with Crippen LogP contribution in [-0.4, -0.2) is 14.3 Å². The van der Waals surface area contributed by atoms with Gasteiger partial charge < -0.3 is 0 Å². The molecular weight excluding hydrogens is 318 g/mol. The van der Waals surface area contributed by atoms with E-state index in [1.165, 1.54) is 15.9 Å². The Morgan fingerprint density at radius 2 is 1.55 bits per heavy atom. The van der Waals surface area contributed by atoms with Gasteiger partial charge in [0.1, 0.15) is 0 Å². The molecule has 0 radical (unpaired) electrons. The monoisotopic (exact) mass is 356 g/mol. The third-order valence-corrected chi connectivity index (χ3v) is 13.5. The molecule has 1 atom stereocenters. The normalized spacial score (nSPS) is 23.0. The average molecular weight is 356 g/mol. The molecule has 0 saturated carbocycles. The first kappa shape index (κ1) is 20.4. The van der Waals surface area contributed by atoms with Crippen molar-refractivity contribution in [1.82, 2.24) is 3.80 Å². The van der Waals surface area contributed by atoms with Crippen molar-refractivity contribution in [2.45, 2.75) is 94.9 Å². The third-order valence-electron chi connectivity index (χ3n) is 6.13. The molecule has 0 aromatic rings. The van der Waals surface area contributed by atoms with Gasteiger partial charge in [0.05, 0.1) is 0 Å². The van der Waals surface area contributed by atoms with E-state index in [4.69, 9.17) is 0 Å². The van der Waals surface area contributed by atoms with Crippen molar-refractivity contribution < 1.29 is 18.1 Å². The van der Waals surface area contributed by atoms with Crippen molar-refractivity contribution in [3.05, 3.63) is 22.3 Å². The fourth-order valence-electron chi connectivity index (χ4n) is 4.00. The summed E-state index contributed by atoms with van der Waals surface area (Å²) in [6.07, 6.45) is 1.21. The first-order valence-electron chi connectivity index (χ1n) is 9.02. The van der Waals surface area contributed by atoms with Crippen LogP contribution in [0.3, 0.4) is 0 Å². The fourth-order valence-corrected chi connectivity index (χ4v) is 9.07. The molecule has 0 bridgehead atoms. The van der Waals surface area contributed by atoms with Gasteiger partial charge in [-0.1, -0.05) is 0 Å². The number of rotatable bonds is 7. The number of nitrogens with one attached hydrogen (secondary N) is 1. The quantitative estimate of drug-likeness (QED) is 0.546. The van der Waals surface area contributed by atoms with E-state index in [0.717, 1.165) is 0 Å². The van der Waals surface area contributed by atoms with Gasteiger partial charge in [-0.25, -0.2) is 0 Å². The standard InChI is InChI=1S/C15H28NSi.2C2H5.Ti/c1-10-11(2)13(9-14(4,5)16)15(6,12(10)3)17(7)8;2*1-2;/h16-17H,9H2,1-8H3;2*1H2,2H3;/q-1;;;+1. The maximum atomic E-state index is 4.08. The SMILES string of the molecule is C[CH2][Ti]([CH2]C)[NH]C(C)(C)CC1=C(C)C(C)=C(C)C1(C)[SiH](C)C. The van der Waals surface area contributed by atoms with E-state index in [-0.39, 0.29) is 5.54 Å². The van der Waals surface area contributed by atoms with Crippen molar-refractivity contribution in [1.29, 1.82) is 0 Å². The molecule has 0 spiro atoms. The molecule has 1 rings (SSSR count). The van der Waals surface area contributed by atoms with Crippen molar-refractivity contribution in [3.63, 3.8) is 0 Å². The molecule has 0 aliphatic heterocycles. The zero-order valence-electron chi connectivity index (χ0n) is 16.7.